The van der Waals surface area contributed by atoms with Gasteiger partial charge in [0.1, 0.15) is 0 Å². The topological polar surface area (TPSA) is 67.2 Å². The second-order valence-corrected chi connectivity index (χ2v) is 3.83. The van der Waals surface area contributed by atoms with E-state index in [1.54, 1.807) is 0 Å². The lowest BCUT2D eigenvalue weighted by Crippen LogP contribution is -2.41. The molecule has 0 saturated carbocycles. The van der Waals surface area contributed by atoms with Gasteiger partial charge in [0.25, 0.3) is 0 Å². The number of nitrogens with zero attached hydrogens (tertiary/aromatic N) is 1. The van der Waals surface area contributed by atoms with Crippen molar-refractivity contribution >= 4 is 5.91 Å². The van der Waals surface area contributed by atoms with E-state index >= 15 is 0 Å². The van der Waals surface area contributed by atoms with E-state index < -0.39 is 0 Å². The first kappa shape index (κ1) is 12.7. The maximum absolute atomic E-state index is 11.5. The molecule has 1 atom stereocenters. The Morgan fingerprint density at radius 1 is 1.62 bits per heavy atom. The molecule has 16 heavy (non-hydrogen) atoms. The van der Waals surface area contributed by atoms with Crippen LogP contribution >= 0.6 is 0 Å². The molecule has 2 N–H and O–H groups in total. The molecule has 0 bridgehead atoms. The second-order valence-electron chi connectivity index (χ2n) is 3.83. The van der Waals surface area contributed by atoms with Gasteiger partial charge in [-0.3, -0.25) is 10.1 Å². The summed E-state index contributed by atoms with van der Waals surface area (Å²) >= 11 is 0. The molecule has 5 nitrogen and oxygen atoms in total. The van der Waals surface area contributed by atoms with Crippen LogP contribution in [-0.4, -0.2) is 23.7 Å². The van der Waals surface area contributed by atoms with Gasteiger partial charge >= 0.3 is 0 Å². The molecule has 1 heterocycles. The highest BCUT2D eigenvalue weighted by Crippen LogP contribution is 2.01. The van der Waals surface area contributed by atoms with Crippen molar-refractivity contribution in [2.24, 2.45) is 0 Å². The quantitative estimate of drug-likeness (QED) is 0.757. The molecule has 1 rings (SSSR count). The van der Waals surface area contributed by atoms with E-state index in [0.29, 0.717) is 13.1 Å². The number of carbonyl (C=O) groups excluding carboxylic acids is 1. The first-order valence-corrected chi connectivity index (χ1v) is 5.56. The van der Waals surface area contributed by atoms with E-state index in [4.69, 9.17) is 4.52 Å². The molecule has 0 aromatic carbocycles. The van der Waals surface area contributed by atoms with E-state index in [-0.39, 0.29) is 11.9 Å². The number of amides is 1. The normalized spacial score (nSPS) is 12.4. The van der Waals surface area contributed by atoms with Gasteiger partial charge in [-0.25, -0.2) is 0 Å². The molecule has 0 aliphatic carbocycles. The highest BCUT2D eigenvalue weighted by Gasteiger charge is 2.11. The fraction of sp³-hybridized carbons (Fsp3) is 0.636. The van der Waals surface area contributed by atoms with E-state index in [1.165, 1.54) is 0 Å². The molecule has 0 aliphatic heterocycles. The van der Waals surface area contributed by atoms with Crippen LogP contribution in [0.15, 0.2) is 10.6 Å². The van der Waals surface area contributed by atoms with Crippen molar-refractivity contribution in [3.8, 4) is 0 Å². The number of carbonyl (C=O) groups is 1. The van der Waals surface area contributed by atoms with Crippen LogP contribution in [0.1, 0.15) is 31.7 Å². The fourth-order valence-corrected chi connectivity index (χ4v) is 1.25. The van der Waals surface area contributed by atoms with Crippen molar-refractivity contribution in [1.82, 2.24) is 15.8 Å². The molecular weight excluding hydrogens is 206 g/mol. The first-order valence-electron chi connectivity index (χ1n) is 5.56. The highest BCUT2D eigenvalue weighted by atomic mass is 16.5. The van der Waals surface area contributed by atoms with E-state index in [2.05, 4.69) is 15.8 Å². The number of aromatic nitrogens is 1. The van der Waals surface area contributed by atoms with Crippen LogP contribution in [-0.2, 0) is 11.3 Å². The lowest BCUT2D eigenvalue weighted by atomic mass is 10.3. The van der Waals surface area contributed by atoms with Crippen LogP contribution in [0.25, 0.3) is 0 Å². The van der Waals surface area contributed by atoms with Gasteiger partial charge in [-0.15, -0.1) is 0 Å². The molecule has 1 aromatic rings. The Balaban J connectivity index is 2.29. The van der Waals surface area contributed by atoms with Gasteiger partial charge in [-0.1, -0.05) is 12.1 Å². The van der Waals surface area contributed by atoms with Crippen molar-refractivity contribution in [3.05, 3.63) is 17.5 Å². The molecule has 0 saturated heterocycles. The SMILES string of the molecule is CCCNC(=O)C(C)NCc1cc(C)no1. The number of hydrogen-bond acceptors (Lipinski definition) is 4. The summed E-state index contributed by atoms with van der Waals surface area (Å²) in [7, 11) is 0. The minimum Gasteiger partial charge on any atom is -0.360 e. The lowest BCUT2D eigenvalue weighted by molar-refractivity contribution is -0.122. The summed E-state index contributed by atoms with van der Waals surface area (Å²) in [5.74, 6) is 0.755. The van der Waals surface area contributed by atoms with Crippen molar-refractivity contribution in [1.29, 1.82) is 0 Å². The van der Waals surface area contributed by atoms with E-state index in [1.807, 2.05) is 26.8 Å². The van der Waals surface area contributed by atoms with Crippen molar-refractivity contribution in [2.45, 2.75) is 39.8 Å². The van der Waals surface area contributed by atoms with E-state index in [0.717, 1.165) is 17.9 Å². The van der Waals surface area contributed by atoms with Gasteiger partial charge in [0.15, 0.2) is 5.76 Å². The third-order valence-corrected chi connectivity index (χ3v) is 2.20. The predicted molar refractivity (Wildman–Crippen MR) is 60.8 cm³/mol. The Bertz CT molecular complexity index is 336. The zero-order chi connectivity index (χ0) is 12.0. The predicted octanol–water partition coefficient (Wildman–Crippen LogP) is 0.987. The average Bonchev–Trinajstić information content (AvgIpc) is 2.68. The molecule has 0 aliphatic rings. The zero-order valence-corrected chi connectivity index (χ0v) is 10.0. The molecule has 0 radical (unpaired) electrons. The summed E-state index contributed by atoms with van der Waals surface area (Å²) in [4.78, 5) is 11.5. The molecule has 0 spiro atoms. The number of nitrogens with one attached hydrogen (secondary N) is 2. The molecular formula is C11H19N3O2. The molecule has 5 heteroatoms. The molecule has 1 aromatic heterocycles. The Hall–Kier alpha value is -1.36. The fourth-order valence-electron chi connectivity index (χ4n) is 1.25. The van der Waals surface area contributed by atoms with Crippen LogP contribution in [0.5, 0.6) is 0 Å². The summed E-state index contributed by atoms with van der Waals surface area (Å²) in [6.45, 7) is 6.95. The maximum atomic E-state index is 11.5. The lowest BCUT2D eigenvalue weighted by Gasteiger charge is -2.12. The minimum absolute atomic E-state index is 0.0121. The standard InChI is InChI=1S/C11H19N3O2/c1-4-5-12-11(15)9(3)13-7-10-6-8(2)14-16-10/h6,9,13H,4-5,7H2,1-3H3,(H,12,15). The van der Waals surface area contributed by atoms with Gasteiger partial charge in [-0.2, -0.15) is 0 Å². The van der Waals surface area contributed by atoms with Crippen molar-refractivity contribution in [3.63, 3.8) is 0 Å². The van der Waals surface area contributed by atoms with E-state index in [9.17, 15) is 4.79 Å². The summed E-state index contributed by atoms with van der Waals surface area (Å²) in [5.41, 5.74) is 0.847. The number of hydrogen-bond donors (Lipinski definition) is 2. The summed E-state index contributed by atoms with van der Waals surface area (Å²) < 4.78 is 5.03. The van der Waals surface area contributed by atoms with Gasteiger partial charge in [0.2, 0.25) is 5.91 Å². The molecule has 0 fully saturated rings. The number of rotatable bonds is 6. The van der Waals surface area contributed by atoms with Crippen LogP contribution < -0.4 is 10.6 Å². The van der Waals surface area contributed by atoms with Crippen molar-refractivity contribution < 1.29 is 9.32 Å². The Morgan fingerprint density at radius 3 is 2.94 bits per heavy atom. The average molecular weight is 225 g/mol. The zero-order valence-electron chi connectivity index (χ0n) is 10.0. The van der Waals surface area contributed by atoms with Crippen LogP contribution in [0.3, 0.4) is 0 Å². The minimum atomic E-state index is -0.225. The second kappa shape index (κ2) is 6.27. The molecule has 90 valence electrons. The van der Waals surface area contributed by atoms with Gasteiger partial charge in [0, 0.05) is 12.6 Å². The van der Waals surface area contributed by atoms with Crippen LogP contribution in [0.4, 0.5) is 0 Å². The smallest absolute Gasteiger partial charge is 0.236 e. The summed E-state index contributed by atoms with van der Waals surface area (Å²) in [6, 6.07) is 1.63. The Morgan fingerprint density at radius 2 is 2.38 bits per heavy atom. The van der Waals surface area contributed by atoms with Crippen molar-refractivity contribution in [2.75, 3.05) is 6.54 Å². The number of aryl methyl sites for hydroxylation is 1. The third-order valence-electron chi connectivity index (χ3n) is 2.20. The Kier molecular flexibility index (Phi) is 4.98. The summed E-state index contributed by atoms with van der Waals surface area (Å²) in [5, 5.41) is 9.67. The Labute approximate surface area is 95.6 Å². The van der Waals surface area contributed by atoms with Gasteiger partial charge < -0.3 is 9.84 Å². The highest BCUT2D eigenvalue weighted by molar-refractivity contribution is 5.81. The summed E-state index contributed by atoms with van der Waals surface area (Å²) in [6.07, 6.45) is 0.944. The van der Waals surface area contributed by atoms with Gasteiger partial charge in [-0.05, 0) is 20.3 Å². The molecule has 1 unspecified atom stereocenters. The molecule has 1 amide bonds. The van der Waals surface area contributed by atoms with Gasteiger partial charge in [0.05, 0.1) is 18.3 Å². The van der Waals surface area contributed by atoms with Crippen LogP contribution in [0, 0.1) is 6.92 Å². The van der Waals surface area contributed by atoms with Crippen LogP contribution in [0.2, 0.25) is 0 Å². The monoisotopic (exact) mass is 225 g/mol. The third kappa shape index (κ3) is 4.02. The first-order chi connectivity index (χ1) is 7.63. The maximum Gasteiger partial charge on any atom is 0.236 e. The largest absolute Gasteiger partial charge is 0.360 e.